The minimum Gasteiger partial charge on any atom is -0.504 e. The lowest BCUT2D eigenvalue weighted by atomic mass is 9.93. The van der Waals surface area contributed by atoms with Gasteiger partial charge in [0.2, 0.25) is 0 Å². The molecular formula is C15H24O3. The zero-order chi connectivity index (χ0) is 13.9. The van der Waals surface area contributed by atoms with Gasteiger partial charge in [-0.3, -0.25) is 0 Å². The summed E-state index contributed by atoms with van der Waals surface area (Å²) in [5, 5.41) is 20.2. The number of hydrogen-bond acceptors (Lipinski definition) is 3. The van der Waals surface area contributed by atoms with E-state index in [1.165, 1.54) is 0 Å². The summed E-state index contributed by atoms with van der Waals surface area (Å²) in [4.78, 5) is 0. The summed E-state index contributed by atoms with van der Waals surface area (Å²) >= 11 is 0. The van der Waals surface area contributed by atoms with Crippen molar-refractivity contribution in [2.45, 2.75) is 52.9 Å². The Morgan fingerprint density at radius 2 is 1.67 bits per heavy atom. The molecule has 0 amide bonds. The zero-order valence-corrected chi connectivity index (χ0v) is 11.9. The highest BCUT2D eigenvalue weighted by Gasteiger charge is 2.21. The molecule has 0 aliphatic heterocycles. The Bertz CT molecular complexity index is 409. The molecule has 0 unspecified atom stereocenters. The summed E-state index contributed by atoms with van der Waals surface area (Å²) < 4.78 is 5.70. The number of phenols is 2. The minimum atomic E-state index is -0.0395. The highest BCUT2D eigenvalue weighted by atomic mass is 16.5. The van der Waals surface area contributed by atoms with Gasteiger partial charge >= 0.3 is 0 Å². The number of phenolic OH excluding ortho intramolecular Hbond substituents is 2. The SMILES string of the molecule is CCCOc1cc(C(C)C)c(O)c(O)c1C(C)C. The second-order valence-corrected chi connectivity index (χ2v) is 5.23. The first-order valence-corrected chi connectivity index (χ1v) is 6.61. The first-order valence-electron chi connectivity index (χ1n) is 6.61. The third-order valence-corrected chi connectivity index (χ3v) is 2.97. The fraction of sp³-hybridized carbons (Fsp3) is 0.600. The van der Waals surface area contributed by atoms with Gasteiger partial charge in [-0.15, -0.1) is 0 Å². The Kier molecular flexibility index (Phi) is 4.88. The number of hydrogen-bond donors (Lipinski definition) is 2. The van der Waals surface area contributed by atoms with Crippen LogP contribution in [0.3, 0.4) is 0 Å². The molecule has 0 spiro atoms. The van der Waals surface area contributed by atoms with Crippen LogP contribution in [0.2, 0.25) is 0 Å². The number of aromatic hydroxyl groups is 2. The monoisotopic (exact) mass is 252 g/mol. The molecule has 0 bridgehead atoms. The van der Waals surface area contributed by atoms with Gasteiger partial charge in [0.1, 0.15) is 5.75 Å². The molecular weight excluding hydrogens is 228 g/mol. The number of rotatable bonds is 5. The molecule has 3 heteroatoms. The first kappa shape index (κ1) is 14.7. The van der Waals surface area contributed by atoms with Crippen LogP contribution < -0.4 is 4.74 Å². The van der Waals surface area contributed by atoms with E-state index in [4.69, 9.17) is 4.74 Å². The average molecular weight is 252 g/mol. The van der Waals surface area contributed by atoms with E-state index in [9.17, 15) is 10.2 Å². The van der Waals surface area contributed by atoms with Crippen molar-refractivity contribution >= 4 is 0 Å². The summed E-state index contributed by atoms with van der Waals surface area (Å²) in [6.45, 7) is 10.6. The topological polar surface area (TPSA) is 49.7 Å². The second-order valence-electron chi connectivity index (χ2n) is 5.23. The molecule has 0 aliphatic carbocycles. The van der Waals surface area contributed by atoms with Crippen molar-refractivity contribution in [1.29, 1.82) is 0 Å². The molecule has 0 saturated carbocycles. The van der Waals surface area contributed by atoms with Gasteiger partial charge in [0, 0.05) is 11.1 Å². The molecule has 0 fully saturated rings. The van der Waals surface area contributed by atoms with Crippen LogP contribution in [0.4, 0.5) is 0 Å². The predicted molar refractivity (Wildman–Crippen MR) is 73.7 cm³/mol. The molecule has 3 nitrogen and oxygen atoms in total. The average Bonchev–Trinajstić information content (AvgIpc) is 2.29. The van der Waals surface area contributed by atoms with Crippen LogP contribution in [0, 0.1) is 0 Å². The van der Waals surface area contributed by atoms with E-state index in [0.29, 0.717) is 17.9 Å². The van der Waals surface area contributed by atoms with Crippen LogP contribution in [0.25, 0.3) is 0 Å². The van der Waals surface area contributed by atoms with E-state index in [1.807, 2.05) is 40.7 Å². The zero-order valence-electron chi connectivity index (χ0n) is 11.9. The standard InChI is InChI=1S/C15H24O3/c1-6-7-18-12-8-11(9(2)3)14(16)15(17)13(12)10(4)5/h8-10,16-17H,6-7H2,1-5H3. The van der Waals surface area contributed by atoms with Gasteiger partial charge in [0.15, 0.2) is 11.5 Å². The quantitative estimate of drug-likeness (QED) is 0.774. The molecule has 0 aromatic heterocycles. The summed E-state index contributed by atoms with van der Waals surface area (Å²) in [5.74, 6) is 0.871. The van der Waals surface area contributed by atoms with E-state index in [0.717, 1.165) is 12.0 Å². The van der Waals surface area contributed by atoms with Crippen LogP contribution in [0.5, 0.6) is 17.2 Å². The fourth-order valence-electron chi connectivity index (χ4n) is 2.00. The van der Waals surface area contributed by atoms with E-state index in [2.05, 4.69) is 0 Å². The van der Waals surface area contributed by atoms with Crippen LogP contribution in [0.15, 0.2) is 6.07 Å². The molecule has 1 aromatic carbocycles. The predicted octanol–water partition coefficient (Wildman–Crippen LogP) is 4.13. The lowest BCUT2D eigenvalue weighted by Crippen LogP contribution is -2.03. The molecule has 0 heterocycles. The Morgan fingerprint density at radius 3 is 2.11 bits per heavy atom. The molecule has 18 heavy (non-hydrogen) atoms. The van der Waals surface area contributed by atoms with Gasteiger partial charge in [0.05, 0.1) is 6.61 Å². The third-order valence-electron chi connectivity index (χ3n) is 2.97. The summed E-state index contributed by atoms with van der Waals surface area (Å²) in [6, 6.07) is 1.85. The van der Waals surface area contributed by atoms with Crippen molar-refractivity contribution in [1.82, 2.24) is 0 Å². The van der Waals surface area contributed by atoms with Crippen LogP contribution in [-0.2, 0) is 0 Å². The molecule has 0 atom stereocenters. The fourth-order valence-corrected chi connectivity index (χ4v) is 2.00. The van der Waals surface area contributed by atoms with Crippen LogP contribution in [0.1, 0.15) is 64.0 Å². The smallest absolute Gasteiger partial charge is 0.164 e. The summed E-state index contributed by atoms with van der Waals surface area (Å²) in [5.41, 5.74) is 1.41. The highest BCUT2D eigenvalue weighted by Crippen LogP contribution is 2.45. The maximum Gasteiger partial charge on any atom is 0.164 e. The lowest BCUT2D eigenvalue weighted by Gasteiger charge is -2.20. The maximum atomic E-state index is 10.1. The number of ether oxygens (including phenoxy) is 1. The Hall–Kier alpha value is -1.38. The Labute approximate surface area is 109 Å². The molecule has 0 saturated heterocycles. The van der Waals surface area contributed by atoms with Crippen LogP contribution in [-0.4, -0.2) is 16.8 Å². The minimum absolute atomic E-state index is 0.0162. The van der Waals surface area contributed by atoms with Gasteiger partial charge < -0.3 is 14.9 Å². The van der Waals surface area contributed by atoms with Gasteiger partial charge in [-0.2, -0.15) is 0 Å². The number of benzene rings is 1. The molecule has 1 rings (SSSR count). The van der Waals surface area contributed by atoms with Gasteiger partial charge in [-0.25, -0.2) is 0 Å². The van der Waals surface area contributed by atoms with E-state index >= 15 is 0 Å². The van der Waals surface area contributed by atoms with Crippen molar-refractivity contribution in [2.24, 2.45) is 0 Å². The van der Waals surface area contributed by atoms with Crippen molar-refractivity contribution in [3.8, 4) is 17.2 Å². The maximum absolute atomic E-state index is 10.1. The van der Waals surface area contributed by atoms with E-state index in [-0.39, 0.29) is 23.3 Å². The Morgan fingerprint density at radius 1 is 1.06 bits per heavy atom. The van der Waals surface area contributed by atoms with Crippen molar-refractivity contribution in [3.05, 3.63) is 17.2 Å². The van der Waals surface area contributed by atoms with Gasteiger partial charge in [-0.05, 0) is 24.3 Å². The summed E-state index contributed by atoms with van der Waals surface area (Å²) in [6.07, 6.45) is 0.913. The van der Waals surface area contributed by atoms with Crippen molar-refractivity contribution in [2.75, 3.05) is 6.61 Å². The molecule has 0 aliphatic rings. The third kappa shape index (κ3) is 2.89. The van der Waals surface area contributed by atoms with E-state index < -0.39 is 0 Å². The molecule has 0 radical (unpaired) electrons. The molecule has 2 N–H and O–H groups in total. The van der Waals surface area contributed by atoms with Crippen molar-refractivity contribution < 1.29 is 14.9 Å². The van der Waals surface area contributed by atoms with E-state index in [1.54, 1.807) is 0 Å². The largest absolute Gasteiger partial charge is 0.504 e. The Balaban J connectivity index is 3.35. The summed E-state index contributed by atoms with van der Waals surface area (Å²) in [7, 11) is 0. The highest BCUT2D eigenvalue weighted by molar-refractivity contribution is 5.58. The first-order chi connectivity index (χ1) is 8.40. The normalized spacial score (nSPS) is 11.3. The van der Waals surface area contributed by atoms with Gasteiger partial charge in [-0.1, -0.05) is 34.6 Å². The molecule has 102 valence electrons. The lowest BCUT2D eigenvalue weighted by molar-refractivity contribution is 0.306. The van der Waals surface area contributed by atoms with Crippen LogP contribution >= 0.6 is 0 Å². The molecule has 1 aromatic rings. The van der Waals surface area contributed by atoms with Gasteiger partial charge in [0.25, 0.3) is 0 Å². The van der Waals surface area contributed by atoms with Crippen molar-refractivity contribution in [3.63, 3.8) is 0 Å². The second kappa shape index (κ2) is 5.98.